The first-order valence-corrected chi connectivity index (χ1v) is 29.7. The molecule has 488 valence electrons. The lowest BCUT2D eigenvalue weighted by Gasteiger charge is -2.29. The summed E-state index contributed by atoms with van der Waals surface area (Å²) >= 11 is 0. The molecule has 4 rings (SSSR count). The van der Waals surface area contributed by atoms with Crippen molar-refractivity contribution in [3.63, 3.8) is 0 Å². The Morgan fingerprint density at radius 3 is 1.54 bits per heavy atom. The zero-order valence-corrected chi connectivity index (χ0v) is 50.7. The van der Waals surface area contributed by atoms with Gasteiger partial charge in [0.25, 0.3) is 5.91 Å². The van der Waals surface area contributed by atoms with Crippen LogP contribution in [0.1, 0.15) is 88.6 Å². The molecular weight excluding hydrogens is 1150 g/mol. The number of carbonyl (C=O) groups excluding carboxylic acids is 11. The molecule has 0 aromatic heterocycles. The number of hydrogen-bond donors (Lipinski definition) is 17. The molecule has 29 heteroatoms. The molecule has 10 amide bonds. The molecule has 0 spiro atoms. The maximum Gasteiger partial charge on any atom is 0.338 e. The molecule has 1 aliphatic heterocycles. The fourth-order valence-corrected chi connectivity index (χ4v) is 9.45. The standard InChI is InChI=1S/C60H89N15O14/c1-33(2)31-45-55(83)69-40(19-25-61)50(78)68-43(22-28-64)54(82)74-48(34(3)76)58(86)66-30-24-44(53(81)67-41(20-26-62)52(80)73-46(56(84)72-45)32-36-11-7-5-8-12-36)70-51(79)42(21-27-63)71-59(87)49(35(4)77)75-57(85)47(23-29-65)89-60(88)39-17-15-38(16-18-39)37-13-9-6-10-14-37/h5-18,33-35,40-49,76-77H,19-32,61-65H2,1-4H3,(H,66,86)(H,67,81)(H,68,78)(H,69,83)(H,70,79)(H,71,87)(H,72,84)(H,73,80)(H,74,82)(H,75,85)/t34?,35?,40-,41-,42-,43-,44-,45-,46+,47-,48-,49-/m0/s1. The van der Waals surface area contributed by atoms with Crippen LogP contribution in [0, 0.1) is 5.92 Å². The van der Waals surface area contributed by atoms with E-state index in [1.54, 1.807) is 56.3 Å². The first kappa shape index (κ1) is 73.0. The second-order valence-corrected chi connectivity index (χ2v) is 22.0. The van der Waals surface area contributed by atoms with E-state index in [1.807, 2.05) is 30.3 Å². The van der Waals surface area contributed by atoms with Crippen LogP contribution in [0.2, 0.25) is 0 Å². The van der Waals surface area contributed by atoms with Crippen molar-refractivity contribution in [2.75, 3.05) is 39.3 Å². The number of ether oxygens (including phenoxy) is 1. The van der Waals surface area contributed by atoms with E-state index in [0.717, 1.165) is 11.1 Å². The van der Waals surface area contributed by atoms with Gasteiger partial charge in [0.1, 0.15) is 54.4 Å². The molecule has 1 fully saturated rings. The van der Waals surface area contributed by atoms with E-state index < -0.39 is 151 Å². The fraction of sp³-hybridized carbons (Fsp3) is 0.517. The minimum absolute atomic E-state index is 0.0368. The number of nitrogens with two attached hydrogens (primary N) is 5. The second-order valence-electron chi connectivity index (χ2n) is 22.0. The lowest BCUT2D eigenvalue weighted by molar-refractivity contribution is -0.138. The number of amides is 10. The number of esters is 1. The summed E-state index contributed by atoms with van der Waals surface area (Å²) in [5.41, 5.74) is 31.8. The summed E-state index contributed by atoms with van der Waals surface area (Å²) in [4.78, 5) is 155. The van der Waals surface area contributed by atoms with E-state index in [4.69, 9.17) is 33.4 Å². The van der Waals surface area contributed by atoms with Crippen LogP contribution in [0.4, 0.5) is 0 Å². The Morgan fingerprint density at radius 1 is 0.539 bits per heavy atom. The van der Waals surface area contributed by atoms with Gasteiger partial charge in [0.15, 0.2) is 6.10 Å². The number of aliphatic hydroxyl groups is 2. The molecule has 0 bridgehead atoms. The topological polar surface area (TPSA) is 488 Å². The highest BCUT2D eigenvalue weighted by Crippen LogP contribution is 2.20. The number of aliphatic hydroxyl groups excluding tert-OH is 2. The summed E-state index contributed by atoms with van der Waals surface area (Å²) in [6.45, 7) is 4.56. The molecule has 89 heavy (non-hydrogen) atoms. The average molecular weight is 1240 g/mol. The zero-order chi connectivity index (χ0) is 65.7. The van der Waals surface area contributed by atoms with Gasteiger partial charge in [-0.05, 0) is 120 Å². The Morgan fingerprint density at radius 2 is 1.02 bits per heavy atom. The van der Waals surface area contributed by atoms with Gasteiger partial charge in [0.2, 0.25) is 53.2 Å². The summed E-state index contributed by atoms with van der Waals surface area (Å²) in [6.07, 6.45) is -6.42. The molecule has 12 atom stereocenters. The molecule has 29 nitrogen and oxygen atoms in total. The normalized spacial score (nSPS) is 21.9. The quantitative estimate of drug-likeness (QED) is 0.0356. The van der Waals surface area contributed by atoms with E-state index in [0.29, 0.717) is 5.56 Å². The van der Waals surface area contributed by atoms with Crippen molar-refractivity contribution < 1.29 is 67.7 Å². The summed E-state index contributed by atoms with van der Waals surface area (Å²) in [5.74, 6) is -10.8. The Balaban J connectivity index is 1.69. The Kier molecular flexibility index (Phi) is 30.7. The van der Waals surface area contributed by atoms with Crippen molar-refractivity contribution in [1.29, 1.82) is 0 Å². The molecule has 22 N–H and O–H groups in total. The van der Waals surface area contributed by atoms with E-state index in [1.165, 1.54) is 26.0 Å². The van der Waals surface area contributed by atoms with E-state index in [2.05, 4.69) is 53.2 Å². The molecule has 1 heterocycles. The number of benzene rings is 3. The van der Waals surface area contributed by atoms with Crippen LogP contribution < -0.4 is 81.8 Å². The molecule has 0 saturated carbocycles. The summed E-state index contributed by atoms with van der Waals surface area (Å²) in [7, 11) is 0. The van der Waals surface area contributed by atoms with Crippen LogP contribution in [-0.2, 0) is 59.1 Å². The molecule has 3 aromatic carbocycles. The second kappa shape index (κ2) is 37.4. The molecular formula is C60H89N15O14. The Labute approximate surface area is 517 Å². The average Bonchev–Trinajstić information content (AvgIpc) is 3.72. The smallest absolute Gasteiger partial charge is 0.338 e. The predicted octanol–water partition coefficient (Wildman–Crippen LogP) is -4.44. The maximum atomic E-state index is 14.6. The van der Waals surface area contributed by atoms with Crippen LogP contribution in [-0.4, -0.2) is 187 Å². The van der Waals surface area contributed by atoms with Crippen molar-refractivity contribution >= 4 is 65.0 Å². The third-order valence-electron chi connectivity index (χ3n) is 14.3. The van der Waals surface area contributed by atoms with E-state index in [-0.39, 0.29) is 89.2 Å². The van der Waals surface area contributed by atoms with Crippen molar-refractivity contribution in [1.82, 2.24) is 53.2 Å². The Hall–Kier alpha value is -8.45. The minimum Gasteiger partial charge on any atom is -0.449 e. The lowest BCUT2D eigenvalue weighted by atomic mass is 10.00. The highest BCUT2D eigenvalue weighted by Gasteiger charge is 2.38. The van der Waals surface area contributed by atoms with Gasteiger partial charge in [-0.25, -0.2) is 4.79 Å². The third-order valence-corrected chi connectivity index (χ3v) is 14.3. The van der Waals surface area contributed by atoms with Crippen LogP contribution in [0.3, 0.4) is 0 Å². The highest BCUT2D eigenvalue weighted by molar-refractivity contribution is 5.99. The highest BCUT2D eigenvalue weighted by atomic mass is 16.5. The van der Waals surface area contributed by atoms with Crippen molar-refractivity contribution in [2.45, 2.75) is 152 Å². The van der Waals surface area contributed by atoms with Gasteiger partial charge in [-0.15, -0.1) is 0 Å². The van der Waals surface area contributed by atoms with Gasteiger partial charge < -0.3 is 96.8 Å². The van der Waals surface area contributed by atoms with Crippen LogP contribution in [0.5, 0.6) is 0 Å². The summed E-state index contributed by atoms with van der Waals surface area (Å²) < 4.78 is 5.54. The summed E-state index contributed by atoms with van der Waals surface area (Å²) in [5, 5.41) is 47.0. The first-order valence-electron chi connectivity index (χ1n) is 29.7. The monoisotopic (exact) mass is 1240 g/mol. The van der Waals surface area contributed by atoms with E-state index in [9.17, 15) is 63.0 Å². The molecule has 3 aromatic rings. The van der Waals surface area contributed by atoms with Crippen LogP contribution >= 0.6 is 0 Å². The number of hydrogen-bond acceptors (Lipinski definition) is 19. The van der Waals surface area contributed by atoms with Gasteiger partial charge >= 0.3 is 5.97 Å². The van der Waals surface area contributed by atoms with Gasteiger partial charge in [-0.2, -0.15) is 0 Å². The molecule has 2 unspecified atom stereocenters. The van der Waals surface area contributed by atoms with Crippen molar-refractivity contribution in [2.24, 2.45) is 34.6 Å². The van der Waals surface area contributed by atoms with Crippen molar-refractivity contribution in [3.8, 4) is 11.1 Å². The molecule has 1 saturated heterocycles. The van der Waals surface area contributed by atoms with Crippen LogP contribution in [0.15, 0.2) is 84.9 Å². The molecule has 0 aliphatic carbocycles. The van der Waals surface area contributed by atoms with Gasteiger partial charge in [0, 0.05) is 19.4 Å². The maximum absolute atomic E-state index is 14.6. The lowest BCUT2D eigenvalue weighted by Crippen LogP contribution is -2.61. The van der Waals surface area contributed by atoms with Crippen LogP contribution in [0.25, 0.3) is 11.1 Å². The molecule has 0 radical (unpaired) electrons. The minimum atomic E-state index is -1.79. The summed E-state index contributed by atoms with van der Waals surface area (Å²) in [6, 6.07) is 10.4. The zero-order valence-electron chi connectivity index (χ0n) is 50.7. The number of rotatable bonds is 25. The van der Waals surface area contributed by atoms with Gasteiger partial charge in [0.05, 0.1) is 17.8 Å². The first-order chi connectivity index (χ1) is 42.4. The van der Waals surface area contributed by atoms with Gasteiger partial charge in [-0.1, -0.05) is 86.6 Å². The molecule has 1 aliphatic rings. The third kappa shape index (κ3) is 23.5. The SMILES string of the molecule is CC(C)C[C@@H]1NC(=O)[C@@H](Cc2ccccc2)NC(=O)[C@H](CCN)NC(=O)[C@@H](NC(=O)[C@H](CCN)NC(=O)[C@@H](NC(=O)[C@H](CCN)OC(=O)c2ccc(-c3ccccc3)cc2)C(C)O)CCNC(=O)[C@H](C(C)O)NC(=O)[C@H](CCN)NC(=O)[C@H](CCN)NC1=O. The fourth-order valence-electron chi connectivity index (χ4n) is 9.45. The Bertz CT molecular complexity index is 2830. The number of carbonyl (C=O) groups is 11. The largest absolute Gasteiger partial charge is 0.449 e. The van der Waals surface area contributed by atoms with Gasteiger partial charge in [-0.3, -0.25) is 47.9 Å². The van der Waals surface area contributed by atoms with Crippen molar-refractivity contribution in [3.05, 3.63) is 96.1 Å². The predicted molar refractivity (Wildman–Crippen MR) is 327 cm³/mol. The van der Waals surface area contributed by atoms with E-state index >= 15 is 0 Å². The number of nitrogens with one attached hydrogen (secondary N) is 10.